The van der Waals surface area contributed by atoms with Crippen LogP contribution in [0, 0.1) is 11.8 Å². The van der Waals surface area contributed by atoms with Crippen LogP contribution in [-0.2, 0) is 14.3 Å². The molecule has 2 fully saturated rings. The third-order valence-electron chi connectivity index (χ3n) is 4.79. The fourth-order valence-corrected chi connectivity index (χ4v) is 3.28. The number of hydrogen-bond donors (Lipinski definition) is 1. The first-order valence-corrected chi connectivity index (χ1v) is 7.92. The molecule has 1 aliphatic carbocycles. The van der Waals surface area contributed by atoms with Crippen molar-refractivity contribution in [1.29, 1.82) is 0 Å². The molecule has 0 radical (unpaired) electrons. The Hall–Kier alpha value is -1.14. The molecule has 1 aliphatic heterocycles. The molecule has 120 valence electrons. The smallest absolute Gasteiger partial charge is 0.319 e. The van der Waals surface area contributed by atoms with Crippen molar-refractivity contribution in [3.8, 4) is 0 Å². The van der Waals surface area contributed by atoms with Crippen LogP contribution in [0.15, 0.2) is 0 Å². The van der Waals surface area contributed by atoms with Gasteiger partial charge in [-0.05, 0) is 38.1 Å². The van der Waals surface area contributed by atoms with E-state index in [2.05, 4.69) is 4.74 Å². The SMILES string of the molecule is COC(=O)CN1CCN(C(=O)C2CCC(CN)CC2)CC1. The highest BCUT2D eigenvalue weighted by Gasteiger charge is 2.30. The van der Waals surface area contributed by atoms with E-state index >= 15 is 0 Å². The Morgan fingerprint density at radius 3 is 2.24 bits per heavy atom. The van der Waals surface area contributed by atoms with Crippen LogP contribution in [0.2, 0.25) is 0 Å². The molecule has 0 bridgehead atoms. The Balaban J connectivity index is 1.74. The third-order valence-corrected chi connectivity index (χ3v) is 4.79. The zero-order valence-electron chi connectivity index (χ0n) is 12.9. The average molecular weight is 297 g/mol. The van der Waals surface area contributed by atoms with Gasteiger partial charge in [0.05, 0.1) is 13.7 Å². The molecule has 1 saturated heterocycles. The molecule has 0 unspecified atom stereocenters. The van der Waals surface area contributed by atoms with Crippen molar-refractivity contribution in [3.63, 3.8) is 0 Å². The van der Waals surface area contributed by atoms with E-state index in [0.29, 0.717) is 31.5 Å². The van der Waals surface area contributed by atoms with Crippen molar-refractivity contribution < 1.29 is 14.3 Å². The van der Waals surface area contributed by atoms with Crippen LogP contribution in [0.25, 0.3) is 0 Å². The summed E-state index contributed by atoms with van der Waals surface area (Å²) in [5.41, 5.74) is 5.70. The number of amides is 1. The van der Waals surface area contributed by atoms with Crippen molar-refractivity contribution in [2.45, 2.75) is 25.7 Å². The fraction of sp³-hybridized carbons (Fsp3) is 0.867. The first-order chi connectivity index (χ1) is 10.1. The molecule has 6 nitrogen and oxygen atoms in total. The molecular weight excluding hydrogens is 270 g/mol. The Morgan fingerprint density at radius 1 is 1.10 bits per heavy atom. The quantitative estimate of drug-likeness (QED) is 0.743. The molecule has 1 saturated carbocycles. The van der Waals surface area contributed by atoms with Gasteiger partial charge in [-0.3, -0.25) is 14.5 Å². The Kier molecular flexibility index (Phi) is 5.99. The molecule has 1 heterocycles. The van der Waals surface area contributed by atoms with Crippen molar-refractivity contribution in [2.24, 2.45) is 17.6 Å². The molecule has 0 aromatic rings. The van der Waals surface area contributed by atoms with E-state index in [0.717, 1.165) is 45.3 Å². The number of piperazine rings is 1. The van der Waals surface area contributed by atoms with Crippen molar-refractivity contribution in [3.05, 3.63) is 0 Å². The van der Waals surface area contributed by atoms with Crippen LogP contribution < -0.4 is 5.73 Å². The average Bonchev–Trinajstić information content (AvgIpc) is 2.55. The minimum atomic E-state index is -0.213. The zero-order valence-corrected chi connectivity index (χ0v) is 12.9. The first-order valence-electron chi connectivity index (χ1n) is 7.92. The molecule has 2 rings (SSSR count). The highest BCUT2D eigenvalue weighted by Crippen LogP contribution is 2.29. The number of esters is 1. The largest absolute Gasteiger partial charge is 0.468 e. The van der Waals surface area contributed by atoms with Gasteiger partial charge in [0, 0.05) is 32.1 Å². The van der Waals surface area contributed by atoms with E-state index in [9.17, 15) is 9.59 Å². The normalized spacial score (nSPS) is 27.4. The minimum Gasteiger partial charge on any atom is -0.468 e. The third kappa shape index (κ3) is 4.41. The number of ether oxygens (including phenoxy) is 1. The highest BCUT2D eigenvalue weighted by molar-refractivity contribution is 5.79. The number of nitrogens with zero attached hydrogens (tertiary/aromatic N) is 2. The van der Waals surface area contributed by atoms with Gasteiger partial charge in [-0.1, -0.05) is 0 Å². The van der Waals surface area contributed by atoms with Gasteiger partial charge in [0.1, 0.15) is 0 Å². The molecule has 6 heteroatoms. The predicted octanol–water partition coefficient (Wildman–Crippen LogP) is 0.0687. The van der Waals surface area contributed by atoms with Crippen molar-refractivity contribution >= 4 is 11.9 Å². The fourth-order valence-electron chi connectivity index (χ4n) is 3.28. The number of nitrogens with two attached hydrogens (primary N) is 1. The molecule has 0 aromatic carbocycles. The van der Waals surface area contributed by atoms with Gasteiger partial charge in [0.25, 0.3) is 0 Å². The molecule has 0 aromatic heterocycles. The summed E-state index contributed by atoms with van der Waals surface area (Å²) in [6, 6.07) is 0. The van der Waals surface area contributed by atoms with Gasteiger partial charge in [-0.25, -0.2) is 0 Å². The summed E-state index contributed by atoms with van der Waals surface area (Å²) in [4.78, 5) is 27.8. The molecule has 1 amide bonds. The van der Waals surface area contributed by atoms with Crippen LogP contribution in [0.3, 0.4) is 0 Å². The molecular formula is C15H27N3O3. The van der Waals surface area contributed by atoms with Crippen LogP contribution in [0.5, 0.6) is 0 Å². The summed E-state index contributed by atoms with van der Waals surface area (Å²) < 4.78 is 4.67. The second-order valence-corrected chi connectivity index (χ2v) is 6.13. The van der Waals surface area contributed by atoms with Gasteiger partial charge >= 0.3 is 5.97 Å². The lowest BCUT2D eigenvalue weighted by Gasteiger charge is -2.37. The maximum Gasteiger partial charge on any atom is 0.319 e. The van der Waals surface area contributed by atoms with Crippen LogP contribution in [0.4, 0.5) is 0 Å². The van der Waals surface area contributed by atoms with E-state index < -0.39 is 0 Å². The monoisotopic (exact) mass is 297 g/mol. The molecule has 0 atom stereocenters. The summed E-state index contributed by atoms with van der Waals surface area (Å²) >= 11 is 0. The van der Waals surface area contributed by atoms with Crippen molar-refractivity contribution in [1.82, 2.24) is 9.80 Å². The Morgan fingerprint density at radius 2 is 1.71 bits per heavy atom. The molecule has 0 spiro atoms. The lowest BCUT2D eigenvalue weighted by atomic mass is 9.81. The zero-order chi connectivity index (χ0) is 15.2. The lowest BCUT2D eigenvalue weighted by Crippen LogP contribution is -2.51. The number of carbonyl (C=O) groups is 2. The second-order valence-electron chi connectivity index (χ2n) is 6.13. The molecule has 21 heavy (non-hydrogen) atoms. The summed E-state index contributed by atoms with van der Waals surface area (Å²) in [7, 11) is 1.40. The van der Waals surface area contributed by atoms with Gasteiger partial charge in [0.2, 0.25) is 5.91 Å². The summed E-state index contributed by atoms with van der Waals surface area (Å²) in [5.74, 6) is 0.865. The van der Waals surface area contributed by atoms with E-state index in [1.165, 1.54) is 7.11 Å². The summed E-state index contributed by atoms with van der Waals surface area (Å²) in [5, 5.41) is 0. The predicted molar refractivity (Wildman–Crippen MR) is 79.5 cm³/mol. The van der Waals surface area contributed by atoms with Crippen LogP contribution in [0.1, 0.15) is 25.7 Å². The van der Waals surface area contributed by atoms with Crippen LogP contribution in [-0.4, -0.2) is 68.1 Å². The van der Waals surface area contributed by atoms with Gasteiger partial charge in [-0.15, -0.1) is 0 Å². The van der Waals surface area contributed by atoms with Crippen LogP contribution >= 0.6 is 0 Å². The van der Waals surface area contributed by atoms with E-state index in [-0.39, 0.29) is 11.9 Å². The number of hydrogen-bond acceptors (Lipinski definition) is 5. The van der Waals surface area contributed by atoms with E-state index in [4.69, 9.17) is 5.73 Å². The minimum absolute atomic E-state index is 0.181. The Labute approximate surface area is 126 Å². The van der Waals surface area contributed by atoms with Gasteiger partial charge in [0.15, 0.2) is 0 Å². The topological polar surface area (TPSA) is 75.9 Å². The van der Waals surface area contributed by atoms with Crippen molar-refractivity contribution in [2.75, 3.05) is 46.4 Å². The number of rotatable bonds is 4. The standard InChI is InChI=1S/C15H27N3O3/c1-21-14(19)11-17-6-8-18(9-7-17)15(20)13-4-2-12(10-16)3-5-13/h12-13H,2-11,16H2,1H3. The van der Waals surface area contributed by atoms with Gasteiger partial charge < -0.3 is 15.4 Å². The second kappa shape index (κ2) is 7.75. The van der Waals surface area contributed by atoms with Gasteiger partial charge in [-0.2, -0.15) is 0 Å². The number of methoxy groups -OCH3 is 1. The Bertz CT molecular complexity index is 359. The maximum atomic E-state index is 12.5. The lowest BCUT2D eigenvalue weighted by molar-refractivity contribution is -0.143. The molecule has 2 aliphatic rings. The maximum absolute atomic E-state index is 12.5. The van der Waals surface area contributed by atoms with E-state index in [1.54, 1.807) is 0 Å². The van der Waals surface area contributed by atoms with E-state index in [1.807, 2.05) is 9.80 Å². The summed E-state index contributed by atoms with van der Waals surface area (Å²) in [6.45, 7) is 3.99. The highest BCUT2D eigenvalue weighted by atomic mass is 16.5. The molecule has 2 N–H and O–H groups in total. The summed E-state index contributed by atoms with van der Waals surface area (Å²) in [6.07, 6.45) is 4.11. The number of carbonyl (C=O) groups excluding carboxylic acids is 2. The first kappa shape index (κ1) is 16.2.